The van der Waals surface area contributed by atoms with Crippen molar-refractivity contribution in [2.75, 3.05) is 6.61 Å². The Morgan fingerprint density at radius 2 is 1.78 bits per heavy atom. The Balaban J connectivity index is 1.97. The summed E-state index contributed by atoms with van der Waals surface area (Å²) in [4.78, 5) is 37.2. The lowest BCUT2D eigenvalue weighted by Crippen LogP contribution is -2.66. The minimum atomic E-state index is -1.92. The Bertz CT molecular complexity index is 963. The maximum atomic E-state index is 13.0. The molecule has 0 aromatic heterocycles. The number of fused-ring (bicyclic) bond motifs is 5. The van der Waals surface area contributed by atoms with E-state index in [4.69, 9.17) is 9.47 Å². The minimum absolute atomic E-state index is 0.113. The summed E-state index contributed by atoms with van der Waals surface area (Å²) < 4.78 is 11.6. The SMILES string of the molecule is CC(=O)OC1[C@@H](C)[C@]2(O)[C@@H]3C=C(C)C(=O)C3(O)CC(CO)=C[C@H]2[C@H]2C(C)(C)[C@]12OC(C)=O. The zero-order chi connectivity index (χ0) is 24.0. The van der Waals surface area contributed by atoms with Gasteiger partial charge in [0.25, 0.3) is 0 Å². The fourth-order valence-electron chi connectivity index (χ4n) is 7.24. The minimum Gasteiger partial charge on any atom is -0.458 e. The van der Waals surface area contributed by atoms with Gasteiger partial charge in [0, 0.05) is 49.4 Å². The molecule has 0 aliphatic heterocycles. The molecule has 0 amide bonds. The van der Waals surface area contributed by atoms with Crippen LogP contribution in [0.5, 0.6) is 0 Å². The summed E-state index contributed by atoms with van der Waals surface area (Å²) in [6.45, 7) is 9.23. The first-order chi connectivity index (χ1) is 14.7. The maximum absolute atomic E-state index is 13.0. The molecule has 32 heavy (non-hydrogen) atoms. The van der Waals surface area contributed by atoms with E-state index in [0.29, 0.717) is 11.1 Å². The summed E-state index contributed by atoms with van der Waals surface area (Å²) in [7, 11) is 0. The van der Waals surface area contributed by atoms with E-state index >= 15 is 0 Å². The normalized spacial score (nSPS) is 46.0. The van der Waals surface area contributed by atoms with Crippen LogP contribution in [0.25, 0.3) is 0 Å². The molecule has 0 radical (unpaired) electrons. The molecule has 2 fully saturated rings. The number of carbonyl (C=O) groups is 3. The Labute approximate surface area is 187 Å². The molecular weight excluding hydrogens is 416 g/mol. The van der Waals surface area contributed by atoms with Crippen molar-refractivity contribution in [3.8, 4) is 0 Å². The van der Waals surface area contributed by atoms with Crippen LogP contribution in [-0.2, 0) is 23.9 Å². The predicted molar refractivity (Wildman–Crippen MR) is 112 cm³/mol. The van der Waals surface area contributed by atoms with Crippen LogP contribution in [0.15, 0.2) is 23.3 Å². The molecule has 0 saturated heterocycles. The van der Waals surface area contributed by atoms with Crippen molar-refractivity contribution in [2.45, 2.75) is 70.9 Å². The first-order valence-corrected chi connectivity index (χ1v) is 11.0. The Morgan fingerprint density at radius 3 is 2.31 bits per heavy atom. The lowest BCUT2D eigenvalue weighted by atomic mass is 9.59. The third kappa shape index (κ3) is 2.57. The molecule has 0 spiro atoms. The molecule has 3 N–H and O–H groups in total. The summed E-state index contributed by atoms with van der Waals surface area (Å²) in [6, 6.07) is 0. The number of hydrogen-bond donors (Lipinski definition) is 3. The molecule has 0 aromatic rings. The van der Waals surface area contributed by atoms with Gasteiger partial charge in [0.05, 0.1) is 12.2 Å². The number of aliphatic hydroxyl groups is 3. The van der Waals surface area contributed by atoms with Gasteiger partial charge in [-0.3, -0.25) is 14.4 Å². The van der Waals surface area contributed by atoms with Crippen LogP contribution in [0.2, 0.25) is 0 Å². The van der Waals surface area contributed by atoms with E-state index in [-0.39, 0.29) is 13.0 Å². The van der Waals surface area contributed by atoms with Crippen molar-refractivity contribution in [2.24, 2.45) is 29.1 Å². The van der Waals surface area contributed by atoms with E-state index < -0.39 is 69.7 Å². The van der Waals surface area contributed by atoms with Crippen LogP contribution in [0.4, 0.5) is 0 Å². The fourth-order valence-corrected chi connectivity index (χ4v) is 7.24. The fraction of sp³-hybridized carbons (Fsp3) is 0.708. The van der Waals surface area contributed by atoms with Gasteiger partial charge in [-0.05, 0) is 18.1 Å². The van der Waals surface area contributed by atoms with E-state index in [1.807, 2.05) is 13.8 Å². The maximum Gasteiger partial charge on any atom is 0.303 e. The number of rotatable bonds is 3. The highest BCUT2D eigenvalue weighted by atomic mass is 16.6. The molecule has 8 atom stereocenters. The van der Waals surface area contributed by atoms with Gasteiger partial charge in [-0.15, -0.1) is 0 Å². The van der Waals surface area contributed by atoms with Gasteiger partial charge in [-0.2, -0.15) is 0 Å². The van der Waals surface area contributed by atoms with Gasteiger partial charge in [0.15, 0.2) is 11.4 Å². The van der Waals surface area contributed by atoms with E-state index in [0.717, 1.165) is 0 Å². The zero-order valence-corrected chi connectivity index (χ0v) is 19.3. The van der Waals surface area contributed by atoms with E-state index in [1.165, 1.54) is 13.8 Å². The molecule has 4 aliphatic carbocycles. The van der Waals surface area contributed by atoms with Crippen molar-refractivity contribution < 1.29 is 39.2 Å². The summed E-state index contributed by atoms with van der Waals surface area (Å²) in [6.07, 6.45) is 2.23. The third-order valence-electron chi connectivity index (χ3n) is 8.56. The molecule has 4 rings (SSSR count). The molecule has 8 nitrogen and oxygen atoms in total. The largest absolute Gasteiger partial charge is 0.458 e. The highest BCUT2D eigenvalue weighted by molar-refractivity contribution is 6.04. The average molecular weight is 449 g/mol. The first-order valence-electron chi connectivity index (χ1n) is 11.0. The highest BCUT2D eigenvalue weighted by Crippen LogP contribution is 2.77. The summed E-state index contributed by atoms with van der Waals surface area (Å²) in [5.41, 5.74) is -4.69. The van der Waals surface area contributed by atoms with Crippen LogP contribution >= 0.6 is 0 Å². The summed E-state index contributed by atoms with van der Waals surface area (Å²) in [5, 5.41) is 33.9. The first kappa shape index (κ1) is 23.1. The molecule has 0 heterocycles. The summed E-state index contributed by atoms with van der Waals surface area (Å²) in [5.74, 6) is -4.49. The molecule has 8 heteroatoms. The Kier molecular flexibility index (Phi) is 4.88. The number of ether oxygens (including phenoxy) is 2. The molecule has 176 valence electrons. The van der Waals surface area contributed by atoms with Crippen LogP contribution in [0.1, 0.15) is 48.0 Å². The second-order valence-corrected chi connectivity index (χ2v) is 10.6. The molecule has 0 aromatic carbocycles. The van der Waals surface area contributed by atoms with Crippen LogP contribution < -0.4 is 0 Å². The van der Waals surface area contributed by atoms with Gasteiger partial charge in [-0.1, -0.05) is 32.9 Å². The topological polar surface area (TPSA) is 130 Å². The number of carbonyl (C=O) groups excluding carboxylic acids is 3. The van der Waals surface area contributed by atoms with E-state index in [2.05, 4.69) is 0 Å². The summed E-state index contributed by atoms with van der Waals surface area (Å²) >= 11 is 0. The number of ketones is 1. The van der Waals surface area contributed by atoms with Gasteiger partial charge in [-0.25, -0.2) is 0 Å². The average Bonchev–Trinajstić information content (AvgIpc) is 3.10. The standard InChI is InChI=1S/C24H32O8/c1-11-7-17-22(29,19(11)28)9-15(10-25)8-16-18-21(5,6)24(18,32-14(4)27)20(31-13(3)26)12(2)23(16,17)30/h7-8,12,16-18,20,25,29-30H,9-10H2,1-6H3/t12-,16+,17-,18+,20?,22?,23-,24-/m1/s1. The van der Waals surface area contributed by atoms with Crippen molar-refractivity contribution in [1.29, 1.82) is 0 Å². The molecule has 2 saturated carbocycles. The quantitative estimate of drug-likeness (QED) is 0.432. The van der Waals surface area contributed by atoms with Gasteiger partial charge < -0.3 is 24.8 Å². The Hall–Kier alpha value is -2.03. The van der Waals surface area contributed by atoms with Crippen LogP contribution in [0.3, 0.4) is 0 Å². The van der Waals surface area contributed by atoms with Crippen molar-refractivity contribution in [3.63, 3.8) is 0 Å². The van der Waals surface area contributed by atoms with Crippen molar-refractivity contribution in [1.82, 2.24) is 0 Å². The number of esters is 2. The number of Topliss-reactive ketones (excluding diaryl/α,β-unsaturated/α-hetero) is 1. The smallest absolute Gasteiger partial charge is 0.303 e. The monoisotopic (exact) mass is 448 g/mol. The highest BCUT2D eigenvalue weighted by Gasteiger charge is 2.87. The third-order valence-corrected chi connectivity index (χ3v) is 8.56. The second-order valence-electron chi connectivity index (χ2n) is 10.6. The molecule has 0 bridgehead atoms. The van der Waals surface area contributed by atoms with E-state index in [9.17, 15) is 29.7 Å². The predicted octanol–water partition coefficient (Wildman–Crippen LogP) is 1.07. The van der Waals surface area contributed by atoms with Gasteiger partial charge in [0.1, 0.15) is 11.7 Å². The number of aliphatic hydroxyl groups excluding tert-OH is 1. The van der Waals surface area contributed by atoms with Crippen LogP contribution in [-0.4, -0.2) is 62.6 Å². The zero-order valence-electron chi connectivity index (χ0n) is 19.3. The van der Waals surface area contributed by atoms with Crippen LogP contribution in [0, 0.1) is 29.1 Å². The van der Waals surface area contributed by atoms with Gasteiger partial charge in [0.2, 0.25) is 0 Å². The molecular formula is C24H32O8. The molecule has 4 aliphatic rings. The molecule has 2 unspecified atom stereocenters. The lowest BCUT2D eigenvalue weighted by Gasteiger charge is -2.53. The van der Waals surface area contributed by atoms with Crippen molar-refractivity contribution >= 4 is 17.7 Å². The Morgan fingerprint density at radius 1 is 1.16 bits per heavy atom. The van der Waals surface area contributed by atoms with Gasteiger partial charge >= 0.3 is 11.9 Å². The van der Waals surface area contributed by atoms with E-state index in [1.54, 1.807) is 26.0 Å². The number of hydrogen-bond acceptors (Lipinski definition) is 8. The lowest BCUT2D eigenvalue weighted by molar-refractivity contribution is -0.227. The second kappa shape index (κ2) is 6.74. The van der Waals surface area contributed by atoms with Crippen molar-refractivity contribution in [3.05, 3.63) is 23.3 Å².